The van der Waals surface area contributed by atoms with E-state index in [-0.39, 0.29) is 11.7 Å². The van der Waals surface area contributed by atoms with Crippen LogP contribution in [0.25, 0.3) is 21.5 Å². The summed E-state index contributed by atoms with van der Waals surface area (Å²) >= 11 is 2.73. The van der Waals surface area contributed by atoms with Crippen LogP contribution in [0.2, 0.25) is 0 Å². The van der Waals surface area contributed by atoms with Crippen LogP contribution in [0.5, 0.6) is 0 Å². The van der Waals surface area contributed by atoms with Gasteiger partial charge in [-0.05, 0) is 25.3 Å². The van der Waals surface area contributed by atoms with E-state index >= 15 is 0 Å². The summed E-state index contributed by atoms with van der Waals surface area (Å²) < 4.78 is 5.67. The van der Waals surface area contributed by atoms with Crippen LogP contribution < -0.4 is 5.32 Å². The number of thioether (sulfide) groups is 1. The fraction of sp³-hybridized carbons (Fsp3) is 0.158. The lowest BCUT2D eigenvalue weighted by Crippen LogP contribution is -2.14. The molecule has 0 unspecified atom stereocenters. The number of fused-ring (bicyclic) bond motifs is 1. The molecule has 0 aliphatic heterocycles. The first-order valence-corrected chi connectivity index (χ1v) is 10.1. The van der Waals surface area contributed by atoms with Crippen molar-refractivity contribution in [2.24, 2.45) is 0 Å². The number of rotatable bonds is 5. The first-order chi connectivity index (χ1) is 13.1. The molecule has 0 saturated heterocycles. The van der Waals surface area contributed by atoms with Crippen molar-refractivity contribution in [3.63, 3.8) is 0 Å². The average Bonchev–Trinajstić information content (AvgIpc) is 3.26. The van der Waals surface area contributed by atoms with Gasteiger partial charge in [0.2, 0.25) is 5.91 Å². The van der Waals surface area contributed by atoms with Crippen LogP contribution in [-0.2, 0) is 4.79 Å². The van der Waals surface area contributed by atoms with E-state index in [4.69, 9.17) is 4.42 Å². The number of carbonyl (C=O) groups is 1. The van der Waals surface area contributed by atoms with Gasteiger partial charge in [0.15, 0.2) is 0 Å². The molecule has 1 N–H and O–H groups in total. The maximum atomic E-state index is 12.3. The minimum atomic E-state index is -0.124. The first-order valence-electron chi connectivity index (χ1n) is 8.28. The Morgan fingerprint density at radius 3 is 2.78 bits per heavy atom. The second kappa shape index (κ2) is 7.50. The zero-order valence-electron chi connectivity index (χ0n) is 14.7. The van der Waals surface area contributed by atoms with Crippen molar-refractivity contribution in [2.45, 2.75) is 19.1 Å². The van der Waals surface area contributed by atoms with Crippen LogP contribution >= 0.6 is 23.1 Å². The molecular weight excluding hydrogens is 380 g/mol. The Labute approximate surface area is 164 Å². The summed E-state index contributed by atoms with van der Waals surface area (Å²) in [6.07, 6.45) is 0. The molecule has 0 saturated carbocycles. The van der Waals surface area contributed by atoms with Crippen molar-refractivity contribution in [3.8, 4) is 10.8 Å². The number of hydrogen-bond acceptors (Lipinski definition) is 7. The molecule has 4 rings (SSSR count). The lowest BCUT2D eigenvalue weighted by Gasteiger charge is -2.07. The number of aromatic nitrogens is 3. The van der Waals surface area contributed by atoms with Crippen molar-refractivity contribution in [2.75, 3.05) is 11.1 Å². The van der Waals surface area contributed by atoms with Gasteiger partial charge < -0.3 is 9.73 Å². The molecule has 0 aliphatic rings. The molecule has 6 nitrogen and oxygen atoms in total. The minimum Gasteiger partial charge on any atom is -0.410 e. The third kappa shape index (κ3) is 3.86. The predicted molar refractivity (Wildman–Crippen MR) is 108 cm³/mol. The quantitative estimate of drug-likeness (QED) is 0.493. The summed E-state index contributed by atoms with van der Waals surface area (Å²) in [7, 11) is 0. The summed E-state index contributed by atoms with van der Waals surface area (Å²) in [5.74, 6) is 0.502. The van der Waals surface area contributed by atoms with E-state index in [0.29, 0.717) is 11.1 Å². The Morgan fingerprint density at radius 2 is 1.96 bits per heavy atom. The number of benzene rings is 2. The second-order valence-electron chi connectivity index (χ2n) is 5.88. The Balaban J connectivity index is 1.42. The smallest absolute Gasteiger partial charge is 0.277 e. The third-order valence-electron chi connectivity index (χ3n) is 3.89. The zero-order valence-corrected chi connectivity index (χ0v) is 16.4. The van der Waals surface area contributed by atoms with Crippen LogP contribution in [0.15, 0.2) is 52.1 Å². The molecule has 0 aliphatic carbocycles. The zero-order chi connectivity index (χ0) is 18.8. The van der Waals surface area contributed by atoms with Crippen molar-refractivity contribution in [1.82, 2.24) is 15.2 Å². The lowest BCUT2D eigenvalue weighted by atomic mass is 10.1. The van der Waals surface area contributed by atoms with Gasteiger partial charge in [-0.1, -0.05) is 48.2 Å². The molecule has 27 heavy (non-hydrogen) atoms. The summed E-state index contributed by atoms with van der Waals surface area (Å²) in [5, 5.41) is 14.4. The summed E-state index contributed by atoms with van der Waals surface area (Å²) in [6.45, 7) is 3.85. The van der Waals surface area contributed by atoms with Crippen LogP contribution in [0.3, 0.4) is 0 Å². The van der Waals surface area contributed by atoms with Gasteiger partial charge >= 0.3 is 0 Å². The van der Waals surface area contributed by atoms with Gasteiger partial charge in [-0.2, -0.15) is 0 Å². The number of carbonyl (C=O) groups excluding carboxylic acids is 1. The number of hydrogen-bond donors (Lipinski definition) is 1. The van der Waals surface area contributed by atoms with Crippen molar-refractivity contribution < 1.29 is 9.21 Å². The molecule has 0 spiro atoms. The molecule has 2 heterocycles. The van der Waals surface area contributed by atoms with Gasteiger partial charge in [0.05, 0.1) is 16.5 Å². The molecule has 1 amide bonds. The third-order valence-corrected chi connectivity index (χ3v) is 5.77. The van der Waals surface area contributed by atoms with Gasteiger partial charge in [0.25, 0.3) is 11.1 Å². The molecule has 8 heteroatoms. The minimum absolute atomic E-state index is 0.124. The largest absolute Gasteiger partial charge is 0.410 e. The van der Waals surface area contributed by atoms with E-state index in [0.717, 1.165) is 32.0 Å². The van der Waals surface area contributed by atoms with E-state index in [1.54, 1.807) is 0 Å². The number of aryl methyl sites for hydroxylation is 2. The summed E-state index contributed by atoms with van der Waals surface area (Å²) in [6, 6.07) is 13.8. The van der Waals surface area contributed by atoms with Gasteiger partial charge in [0, 0.05) is 11.1 Å². The monoisotopic (exact) mass is 396 g/mol. The van der Waals surface area contributed by atoms with Crippen molar-refractivity contribution >= 4 is 45.5 Å². The fourth-order valence-corrected chi connectivity index (χ4v) is 4.14. The maximum absolute atomic E-state index is 12.3. The van der Waals surface area contributed by atoms with E-state index in [9.17, 15) is 4.79 Å². The number of nitrogens with zero attached hydrogens (tertiary/aromatic N) is 3. The van der Waals surface area contributed by atoms with Gasteiger partial charge in [-0.15, -0.1) is 21.5 Å². The topological polar surface area (TPSA) is 80.9 Å². The SMILES string of the molecule is Cc1nc(C)c(-c2nnc(SCC(=O)Nc3cccc4ccccc34)o2)s1. The Kier molecular flexibility index (Phi) is 4.91. The van der Waals surface area contributed by atoms with Gasteiger partial charge in [-0.25, -0.2) is 4.98 Å². The number of amides is 1. The molecule has 2 aromatic heterocycles. The number of thiazole rings is 1. The number of nitrogens with one attached hydrogen (secondary N) is 1. The highest BCUT2D eigenvalue weighted by atomic mass is 32.2. The van der Waals surface area contributed by atoms with Crippen LogP contribution in [0.1, 0.15) is 10.7 Å². The molecule has 0 radical (unpaired) electrons. The van der Waals surface area contributed by atoms with Crippen LogP contribution in [-0.4, -0.2) is 26.8 Å². The highest BCUT2D eigenvalue weighted by molar-refractivity contribution is 7.99. The van der Waals surface area contributed by atoms with Gasteiger partial charge in [-0.3, -0.25) is 4.79 Å². The predicted octanol–water partition coefficient (Wildman–Crippen LogP) is 4.69. The molecule has 0 bridgehead atoms. The summed E-state index contributed by atoms with van der Waals surface area (Å²) in [5.41, 5.74) is 1.66. The standard InChI is InChI=1S/C19H16N4O2S2/c1-11-17(27-12(2)20-11)18-22-23-19(25-18)26-10-16(24)21-15-9-5-7-13-6-3-4-8-14(13)15/h3-9H,10H2,1-2H3,(H,21,24). The highest BCUT2D eigenvalue weighted by Gasteiger charge is 2.16. The van der Waals surface area contributed by atoms with E-state index in [1.807, 2.05) is 56.3 Å². The molecule has 0 atom stereocenters. The van der Waals surface area contributed by atoms with Crippen molar-refractivity contribution in [1.29, 1.82) is 0 Å². The van der Waals surface area contributed by atoms with Crippen LogP contribution in [0.4, 0.5) is 5.69 Å². The molecular formula is C19H16N4O2S2. The molecule has 4 aromatic rings. The van der Waals surface area contributed by atoms with Gasteiger partial charge in [0.1, 0.15) is 4.88 Å². The van der Waals surface area contributed by atoms with E-state index in [1.165, 1.54) is 23.1 Å². The number of anilines is 1. The first kappa shape index (κ1) is 17.7. The summed E-state index contributed by atoms with van der Waals surface area (Å²) in [4.78, 5) is 17.6. The van der Waals surface area contributed by atoms with Crippen molar-refractivity contribution in [3.05, 3.63) is 53.2 Å². The molecule has 2 aromatic carbocycles. The highest BCUT2D eigenvalue weighted by Crippen LogP contribution is 2.30. The normalized spacial score (nSPS) is 11.0. The fourth-order valence-electron chi connectivity index (χ4n) is 2.74. The maximum Gasteiger partial charge on any atom is 0.277 e. The second-order valence-corrected chi connectivity index (χ2v) is 8.01. The lowest BCUT2D eigenvalue weighted by molar-refractivity contribution is -0.113. The molecule has 136 valence electrons. The Hall–Kier alpha value is -2.71. The average molecular weight is 396 g/mol. The van der Waals surface area contributed by atoms with Crippen LogP contribution in [0, 0.1) is 13.8 Å². The van der Waals surface area contributed by atoms with E-state index in [2.05, 4.69) is 20.5 Å². The molecule has 0 fully saturated rings. The van der Waals surface area contributed by atoms with E-state index < -0.39 is 0 Å². The Bertz CT molecular complexity index is 1110. The Morgan fingerprint density at radius 1 is 1.15 bits per heavy atom.